The summed E-state index contributed by atoms with van der Waals surface area (Å²) in [5, 5.41) is 30.4. The van der Waals surface area contributed by atoms with Gasteiger partial charge in [0.25, 0.3) is 0 Å². The average molecular weight is 266 g/mol. The van der Waals surface area contributed by atoms with Crippen LogP contribution in [0.15, 0.2) is 23.3 Å². The normalized spacial score (nSPS) is 42.8. The lowest BCUT2D eigenvalue weighted by Crippen LogP contribution is -2.50. The first-order valence-electron chi connectivity index (χ1n) is 6.71. The summed E-state index contributed by atoms with van der Waals surface area (Å²) < 4.78 is 0. The lowest BCUT2D eigenvalue weighted by atomic mass is 9.67. The van der Waals surface area contributed by atoms with Gasteiger partial charge in [-0.05, 0) is 58.1 Å². The molecule has 0 bridgehead atoms. The van der Waals surface area contributed by atoms with Crippen molar-refractivity contribution in [2.24, 2.45) is 11.8 Å². The molecular formula is C15H22O4. The van der Waals surface area contributed by atoms with Crippen LogP contribution >= 0.6 is 0 Å². The van der Waals surface area contributed by atoms with Crippen molar-refractivity contribution in [3.05, 3.63) is 23.3 Å². The fraction of sp³-hybridized carbons (Fsp3) is 0.667. The van der Waals surface area contributed by atoms with Crippen LogP contribution in [0.1, 0.15) is 40.0 Å². The fourth-order valence-electron chi connectivity index (χ4n) is 3.90. The summed E-state index contributed by atoms with van der Waals surface area (Å²) in [6, 6.07) is 0. The topological polar surface area (TPSA) is 77.8 Å². The monoisotopic (exact) mass is 266 g/mol. The Morgan fingerprint density at radius 1 is 1.47 bits per heavy atom. The second-order valence-electron chi connectivity index (χ2n) is 6.35. The van der Waals surface area contributed by atoms with Crippen LogP contribution in [0.5, 0.6) is 0 Å². The minimum absolute atomic E-state index is 0.106. The van der Waals surface area contributed by atoms with Gasteiger partial charge in [-0.25, -0.2) is 4.79 Å². The van der Waals surface area contributed by atoms with Crippen molar-refractivity contribution >= 4 is 5.97 Å². The molecule has 4 nitrogen and oxygen atoms in total. The lowest BCUT2D eigenvalue weighted by Gasteiger charge is -2.43. The second-order valence-corrected chi connectivity index (χ2v) is 6.35. The fourth-order valence-corrected chi connectivity index (χ4v) is 3.90. The maximum absolute atomic E-state index is 11.0. The molecule has 0 aromatic rings. The third-order valence-electron chi connectivity index (χ3n) is 4.51. The standard InChI is InChI=1S/C15H22O4/c1-9-6-11-4-5-14(3,18)12(11)15(19,7-9)8-10(2)13(16)17/h7-8,11-12,18-19H,4-6H2,1-3H3,(H,16,17)/t11-,12-,14-,15-/m0/s1. The van der Waals surface area contributed by atoms with Gasteiger partial charge in [0.2, 0.25) is 0 Å². The van der Waals surface area contributed by atoms with Crippen LogP contribution in [-0.4, -0.2) is 32.5 Å². The summed E-state index contributed by atoms with van der Waals surface area (Å²) in [7, 11) is 0. The molecular weight excluding hydrogens is 244 g/mol. The molecule has 4 atom stereocenters. The van der Waals surface area contributed by atoms with E-state index in [1.807, 2.05) is 6.92 Å². The molecule has 2 aliphatic rings. The molecule has 0 aromatic heterocycles. The first-order valence-corrected chi connectivity index (χ1v) is 6.71. The maximum atomic E-state index is 11.0. The predicted octanol–water partition coefficient (Wildman–Crippen LogP) is 1.88. The number of rotatable bonds is 2. The van der Waals surface area contributed by atoms with Gasteiger partial charge in [-0.15, -0.1) is 0 Å². The molecule has 1 fully saturated rings. The van der Waals surface area contributed by atoms with Gasteiger partial charge in [-0.2, -0.15) is 0 Å². The van der Waals surface area contributed by atoms with E-state index in [4.69, 9.17) is 5.11 Å². The molecule has 0 spiro atoms. The van der Waals surface area contributed by atoms with E-state index in [1.54, 1.807) is 13.0 Å². The van der Waals surface area contributed by atoms with Gasteiger partial charge >= 0.3 is 5.97 Å². The van der Waals surface area contributed by atoms with Gasteiger partial charge in [0, 0.05) is 11.5 Å². The zero-order valence-corrected chi connectivity index (χ0v) is 11.7. The summed E-state index contributed by atoms with van der Waals surface area (Å²) in [6.07, 6.45) is 5.47. The third kappa shape index (κ3) is 2.47. The van der Waals surface area contributed by atoms with Crippen LogP contribution in [0.3, 0.4) is 0 Å². The Hall–Kier alpha value is -1.13. The number of aliphatic hydroxyl groups is 2. The Bertz CT molecular complexity index is 461. The molecule has 19 heavy (non-hydrogen) atoms. The van der Waals surface area contributed by atoms with Crippen molar-refractivity contribution < 1.29 is 20.1 Å². The van der Waals surface area contributed by atoms with Crippen LogP contribution in [0.4, 0.5) is 0 Å². The highest BCUT2D eigenvalue weighted by Crippen LogP contribution is 2.52. The number of hydrogen-bond donors (Lipinski definition) is 3. The van der Waals surface area contributed by atoms with Crippen LogP contribution in [0, 0.1) is 11.8 Å². The van der Waals surface area contributed by atoms with E-state index >= 15 is 0 Å². The highest BCUT2D eigenvalue weighted by Gasteiger charge is 2.54. The van der Waals surface area contributed by atoms with E-state index in [1.165, 1.54) is 13.0 Å². The molecule has 2 aliphatic carbocycles. The summed E-state index contributed by atoms with van der Waals surface area (Å²) in [5.74, 6) is -1.17. The number of aliphatic carboxylic acids is 1. The van der Waals surface area contributed by atoms with Crippen LogP contribution in [-0.2, 0) is 4.79 Å². The molecule has 0 unspecified atom stereocenters. The lowest BCUT2D eigenvalue weighted by molar-refractivity contribution is -0.133. The molecule has 3 N–H and O–H groups in total. The highest BCUT2D eigenvalue weighted by molar-refractivity contribution is 5.86. The number of allylic oxidation sites excluding steroid dienone is 1. The number of hydrogen-bond acceptors (Lipinski definition) is 3. The van der Waals surface area contributed by atoms with Gasteiger partial charge in [-0.1, -0.05) is 5.57 Å². The predicted molar refractivity (Wildman–Crippen MR) is 71.6 cm³/mol. The Balaban J connectivity index is 2.48. The van der Waals surface area contributed by atoms with Crippen molar-refractivity contribution in [1.82, 2.24) is 0 Å². The Labute approximate surface area is 113 Å². The van der Waals surface area contributed by atoms with Gasteiger partial charge < -0.3 is 15.3 Å². The van der Waals surface area contributed by atoms with Gasteiger partial charge in [-0.3, -0.25) is 0 Å². The third-order valence-corrected chi connectivity index (χ3v) is 4.51. The second kappa shape index (κ2) is 4.46. The molecule has 4 heteroatoms. The van der Waals surface area contributed by atoms with E-state index in [0.717, 1.165) is 18.4 Å². The van der Waals surface area contributed by atoms with Crippen LogP contribution < -0.4 is 0 Å². The smallest absolute Gasteiger partial charge is 0.331 e. The highest BCUT2D eigenvalue weighted by atomic mass is 16.4. The molecule has 0 aliphatic heterocycles. The molecule has 0 radical (unpaired) electrons. The molecule has 0 amide bonds. The summed E-state index contributed by atoms with van der Waals surface area (Å²) in [6.45, 7) is 5.15. The SMILES string of the molecule is CC1=C[C@](O)(C=C(C)C(=O)O)[C@H]2[C@@H](CC[C@]2(C)O)C1. The van der Waals surface area contributed by atoms with Gasteiger partial charge in [0.15, 0.2) is 0 Å². The van der Waals surface area contributed by atoms with Crippen LogP contribution in [0.25, 0.3) is 0 Å². The van der Waals surface area contributed by atoms with Crippen molar-refractivity contribution in [2.45, 2.75) is 51.2 Å². The number of carboxylic acid groups (broad SMARTS) is 1. The first kappa shape index (κ1) is 14.3. The molecule has 0 saturated heterocycles. The van der Waals surface area contributed by atoms with Crippen molar-refractivity contribution in [1.29, 1.82) is 0 Å². The largest absolute Gasteiger partial charge is 0.478 e. The van der Waals surface area contributed by atoms with Crippen molar-refractivity contribution in [3.63, 3.8) is 0 Å². The van der Waals surface area contributed by atoms with Crippen molar-refractivity contribution in [2.75, 3.05) is 0 Å². The zero-order valence-electron chi connectivity index (χ0n) is 11.7. The van der Waals surface area contributed by atoms with Gasteiger partial charge in [0.05, 0.1) is 5.60 Å². The van der Waals surface area contributed by atoms with Crippen LogP contribution in [0.2, 0.25) is 0 Å². The summed E-state index contributed by atoms with van der Waals surface area (Å²) in [4.78, 5) is 11.0. The van der Waals surface area contributed by atoms with E-state index < -0.39 is 17.2 Å². The van der Waals surface area contributed by atoms with E-state index in [2.05, 4.69) is 0 Å². The summed E-state index contributed by atoms with van der Waals surface area (Å²) >= 11 is 0. The minimum atomic E-state index is -1.37. The number of fused-ring (bicyclic) bond motifs is 1. The minimum Gasteiger partial charge on any atom is -0.478 e. The number of carbonyl (C=O) groups is 1. The zero-order chi connectivity index (χ0) is 14.4. The quantitative estimate of drug-likeness (QED) is 0.527. The summed E-state index contributed by atoms with van der Waals surface area (Å²) in [5.41, 5.74) is -1.16. The van der Waals surface area contributed by atoms with Crippen molar-refractivity contribution in [3.8, 4) is 0 Å². The number of carboxylic acids is 1. The Morgan fingerprint density at radius 2 is 2.11 bits per heavy atom. The molecule has 2 rings (SSSR count). The first-order chi connectivity index (χ1) is 8.66. The van der Waals surface area contributed by atoms with E-state index in [-0.39, 0.29) is 17.4 Å². The maximum Gasteiger partial charge on any atom is 0.331 e. The van der Waals surface area contributed by atoms with E-state index in [0.29, 0.717) is 6.42 Å². The Morgan fingerprint density at radius 3 is 2.68 bits per heavy atom. The molecule has 1 saturated carbocycles. The van der Waals surface area contributed by atoms with Gasteiger partial charge in [0.1, 0.15) is 5.60 Å². The molecule has 106 valence electrons. The average Bonchev–Trinajstić information content (AvgIpc) is 2.53. The Kier molecular flexibility index (Phi) is 3.35. The molecule has 0 heterocycles. The van der Waals surface area contributed by atoms with E-state index in [9.17, 15) is 15.0 Å². The molecule has 0 aromatic carbocycles.